The molecule has 1 aliphatic carbocycles. The van der Waals surface area contributed by atoms with E-state index in [-0.39, 0.29) is 11.7 Å². The number of carbonyl (C=O) groups is 1. The number of ketones is 1. The Labute approximate surface area is 95.9 Å². The molecule has 1 aliphatic rings. The van der Waals surface area contributed by atoms with E-state index in [1.807, 2.05) is 18.2 Å². The van der Waals surface area contributed by atoms with Gasteiger partial charge in [-0.25, -0.2) is 0 Å². The molecular formula is C14H15NO. The van der Waals surface area contributed by atoms with Gasteiger partial charge in [-0.2, -0.15) is 5.26 Å². The van der Waals surface area contributed by atoms with Gasteiger partial charge in [0.25, 0.3) is 0 Å². The zero-order valence-electron chi connectivity index (χ0n) is 9.44. The molecule has 1 fully saturated rings. The number of nitrogens with zero attached hydrogens (tertiary/aromatic N) is 1. The van der Waals surface area contributed by atoms with Crippen molar-refractivity contribution in [1.82, 2.24) is 0 Å². The highest BCUT2D eigenvalue weighted by Crippen LogP contribution is 2.40. The molecule has 1 aromatic rings. The van der Waals surface area contributed by atoms with E-state index in [4.69, 9.17) is 5.26 Å². The Hall–Kier alpha value is -1.62. The van der Waals surface area contributed by atoms with Crippen LogP contribution in [0.1, 0.15) is 48.0 Å². The zero-order valence-corrected chi connectivity index (χ0v) is 9.44. The van der Waals surface area contributed by atoms with Crippen molar-refractivity contribution in [3.63, 3.8) is 0 Å². The van der Waals surface area contributed by atoms with E-state index in [9.17, 15) is 4.79 Å². The Morgan fingerprint density at radius 3 is 2.94 bits per heavy atom. The van der Waals surface area contributed by atoms with E-state index >= 15 is 0 Å². The minimum Gasteiger partial charge on any atom is -0.294 e. The van der Waals surface area contributed by atoms with Crippen LogP contribution >= 0.6 is 0 Å². The van der Waals surface area contributed by atoms with Crippen LogP contribution < -0.4 is 0 Å². The number of nitriles is 1. The Morgan fingerprint density at radius 2 is 2.31 bits per heavy atom. The molecule has 0 radical (unpaired) electrons. The van der Waals surface area contributed by atoms with Crippen LogP contribution in [0.25, 0.3) is 0 Å². The van der Waals surface area contributed by atoms with E-state index in [1.54, 1.807) is 6.92 Å². The van der Waals surface area contributed by atoms with Crippen LogP contribution in [0.2, 0.25) is 0 Å². The summed E-state index contributed by atoms with van der Waals surface area (Å²) < 4.78 is 0. The summed E-state index contributed by atoms with van der Waals surface area (Å²) in [6, 6.07) is 9.96. The third-order valence-corrected chi connectivity index (χ3v) is 2.97. The van der Waals surface area contributed by atoms with E-state index < -0.39 is 0 Å². The van der Waals surface area contributed by atoms with Crippen LogP contribution in [0.5, 0.6) is 0 Å². The minimum atomic E-state index is -0.197. The molecule has 1 atom stereocenters. The van der Waals surface area contributed by atoms with Crippen molar-refractivity contribution in [2.24, 2.45) is 5.92 Å². The van der Waals surface area contributed by atoms with Crippen molar-refractivity contribution in [3.05, 3.63) is 35.4 Å². The summed E-state index contributed by atoms with van der Waals surface area (Å²) in [5, 5.41) is 8.68. The van der Waals surface area contributed by atoms with E-state index in [1.165, 1.54) is 18.4 Å². The number of hydrogen-bond donors (Lipinski definition) is 0. The maximum atomic E-state index is 11.9. The quantitative estimate of drug-likeness (QED) is 0.720. The fraction of sp³-hybridized carbons (Fsp3) is 0.429. The molecule has 1 unspecified atom stereocenters. The average Bonchev–Trinajstić information content (AvgIpc) is 3.13. The molecule has 0 heterocycles. The van der Waals surface area contributed by atoms with Crippen LogP contribution in [0.4, 0.5) is 0 Å². The first-order valence-corrected chi connectivity index (χ1v) is 5.73. The topological polar surface area (TPSA) is 40.9 Å². The van der Waals surface area contributed by atoms with Gasteiger partial charge in [0, 0.05) is 12.0 Å². The number of Topliss-reactive ketones (excluding diaryl/α,β-unsaturated/α-hetero) is 1. The van der Waals surface area contributed by atoms with Gasteiger partial charge in [-0.3, -0.25) is 4.79 Å². The monoisotopic (exact) mass is 213 g/mol. The largest absolute Gasteiger partial charge is 0.294 e. The summed E-state index contributed by atoms with van der Waals surface area (Å²) in [7, 11) is 0. The molecule has 0 spiro atoms. The van der Waals surface area contributed by atoms with Crippen LogP contribution in [0, 0.1) is 17.2 Å². The second-order valence-electron chi connectivity index (χ2n) is 4.56. The molecule has 2 nitrogen and oxygen atoms in total. The van der Waals surface area contributed by atoms with Gasteiger partial charge in [0.1, 0.15) is 0 Å². The molecule has 0 N–H and O–H groups in total. The van der Waals surface area contributed by atoms with Crippen molar-refractivity contribution in [3.8, 4) is 6.07 Å². The Morgan fingerprint density at radius 1 is 1.56 bits per heavy atom. The van der Waals surface area contributed by atoms with E-state index in [0.717, 1.165) is 5.56 Å². The highest BCUT2D eigenvalue weighted by molar-refractivity contribution is 5.96. The molecule has 1 saturated carbocycles. The molecule has 0 aromatic heterocycles. The standard InChI is InChI=1S/C14H15NO/c1-10(9-15)7-14(16)13-4-2-3-12(8-13)11-5-6-11/h2-4,8,10-11H,5-7H2,1H3. The number of carbonyl (C=O) groups excluding carboxylic acids is 1. The first kappa shape index (κ1) is 10.9. The Kier molecular flexibility index (Phi) is 3.05. The highest BCUT2D eigenvalue weighted by atomic mass is 16.1. The molecule has 0 amide bonds. The van der Waals surface area contributed by atoms with Crippen molar-refractivity contribution >= 4 is 5.78 Å². The van der Waals surface area contributed by atoms with E-state index in [2.05, 4.69) is 12.1 Å². The summed E-state index contributed by atoms with van der Waals surface area (Å²) in [6.07, 6.45) is 2.81. The van der Waals surface area contributed by atoms with Gasteiger partial charge >= 0.3 is 0 Å². The zero-order chi connectivity index (χ0) is 11.5. The summed E-state index contributed by atoms with van der Waals surface area (Å²) >= 11 is 0. The molecule has 2 heteroatoms. The van der Waals surface area contributed by atoms with Gasteiger partial charge in [-0.15, -0.1) is 0 Å². The predicted octanol–water partition coefficient (Wildman–Crippen LogP) is 3.30. The summed E-state index contributed by atoms with van der Waals surface area (Å²) in [5.74, 6) is 0.551. The number of benzene rings is 1. The lowest BCUT2D eigenvalue weighted by molar-refractivity contribution is 0.0972. The van der Waals surface area contributed by atoms with Gasteiger partial charge < -0.3 is 0 Å². The van der Waals surface area contributed by atoms with Gasteiger partial charge in [-0.1, -0.05) is 18.2 Å². The van der Waals surface area contributed by atoms with Crippen LogP contribution in [-0.2, 0) is 0 Å². The molecular weight excluding hydrogens is 198 g/mol. The summed E-state index contributed by atoms with van der Waals surface area (Å²) in [6.45, 7) is 1.78. The van der Waals surface area contributed by atoms with Crippen molar-refractivity contribution in [2.75, 3.05) is 0 Å². The fourth-order valence-electron chi connectivity index (χ4n) is 1.82. The second kappa shape index (κ2) is 4.49. The molecule has 0 aliphatic heterocycles. The number of rotatable bonds is 4. The van der Waals surface area contributed by atoms with Crippen molar-refractivity contribution in [1.29, 1.82) is 5.26 Å². The van der Waals surface area contributed by atoms with Crippen LogP contribution in [0.15, 0.2) is 24.3 Å². The third kappa shape index (κ3) is 2.49. The summed E-state index contributed by atoms with van der Waals surface area (Å²) in [4.78, 5) is 11.9. The molecule has 82 valence electrons. The van der Waals surface area contributed by atoms with Gasteiger partial charge in [0.05, 0.1) is 12.0 Å². The fourth-order valence-corrected chi connectivity index (χ4v) is 1.82. The van der Waals surface area contributed by atoms with Crippen LogP contribution in [0.3, 0.4) is 0 Å². The minimum absolute atomic E-state index is 0.0801. The first-order valence-electron chi connectivity index (χ1n) is 5.73. The molecule has 2 rings (SSSR count). The van der Waals surface area contributed by atoms with Crippen LogP contribution in [-0.4, -0.2) is 5.78 Å². The van der Waals surface area contributed by atoms with Crippen molar-refractivity contribution in [2.45, 2.75) is 32.1 Å². The maximum absolute atomic E-state index is 11.9. The lowest BCUT2D eigenvalue weighted by Gasteiger charge is -2.04. The third-order valence-electron chi connectivity index (χ3n) is 2.97. The number of hydrogen-bond acceptors (Lipinski definition) is 2. The normalized spacial score (nSPS) is 16.5. The molecule has 0 saturated heterocycles. The summed E-state index contributed by atoms with van der Waals surface area (Å²) in [5.41, 5.74) is 2.03. The van der Waals surface area contributed by atoms with Gasteiger partial charge in [0.15, 0.2) is 5.78 Å². The van der Waals surface area contributed by atoms with Gasteiger partial charge in [-0.05, 0) is 37.3 Å². The predicted molar refractivity (Wildman–Crippen MR) is 62.1 cm³/mol. The van der Waals surface area contributed by atoms with E-state index in [0.29, 0.717) is 12.3 Å². The van der Waals surface area contributed by atoms with Gasteiger partial charge in [0.2, 0.25) is 0 Å². The Bertz CT molecular complexity index is 440. The first-order chi connectivity index (χ1) is 7.70. The maximum Gasteiger partial charge on any atom is 0.164 e. The lowest BCUT2D eigenvalue weighted by atomic mass is 9.98. The second-order valence-corrected chi connectivity index (χ2v) is 4.56. The molecule has 16 heavy (non-hydrogen) atoms. The molecule has 0 bridgehead atoms. The Balaban J connectivity index is 2.11. The molecule has 1 aromatic carbocycles. The SMILES string of the molecule is CC(C#N)CC(=O)c1cccc(C2CC2)c1. The van der Waals surface area contributed by atoms with Crippen molar-refractivity contribution < 1.29 is 4.79 Å². The smallest absolute Gasteiger partial charge is 0.164 e. The average molecular weight is 213 g/mol. The lowest BCUT2D eigenvalue weighted by Crippen LogP contribution is -2.04. The highest BCUT2D eigenvalue weighted by Gasteiger charge is 2.24.